The second-order valence-corrected chi connectivity index (χ2v) is 6.86. The molecule has 122 valence electrons. The van der Waals surface area contributed by atoms with Crippen molar-refractivity contribution >= 4 is 22.4 Å². The van der Waals surface area contributed by atoms with Gasteiger partial charge in [0, 0.05) is 56.9 Å². The van der Waals surface area contributed by atoms with E-state index in [1.807, 2.05) is 11.1 Å². The van der Waals surface area contributed by atoms with Gasteiger partial charge in [-0.25, -0.2) is 4.98 Å². The number of aromatic nitrogens is 1. The molecule has 22 heavy (non-hydrogen) atoms. The lowest BCUT2D eigenvalue weighted by Crippen LogP contribution is -2.51. The monoisotopic (exact) mass is 325 g/mol. The Bertz CT molecular complexity index is 495. The second-order valence-electron chi connectivity index (χ2n) is 5.71. The van der Waals surface area contributed by atoms with E-state index >= 15 is 0 Å². The average Bonchev–Trinajstić information content (AvgIpc) is 2.94. The molecule has 0 spiro atoms. The van der Waals surface area contributed by atoms with Crippen LogP contribution in [-0.2, 0) is 16.1 Å². The molecule has 0 saturated carbocycles. The number of thiazole rings is 1. The van der Waals surface area contributed by atoms with Crippen molar-refractivity contribution in [2.75, 3.05) is 64.8 Å². The Morgan fingerprint density at radius 3 is 2.55 bits per heavy atom. The molecule has 0 radical (unpaired) electrons. The van der Waals surface area contributed by atoms with E-state index in [1.165, 1.54) is 16.2 Å². The third kappa shape index (κ3) is 4.16. The van der Waals surface area contributed by atoms with Gasteiger partial charge in [0.2, 0.25) is 5.91 Å². The fraction of sp³-hybridized carbons (Fsp3) is 0.714. The molecule has 3 rings (SSSR count). The lowest BCUT2D eigenvalue weighted by Gasteiger charge is -2.36. The molecule has 2 saturated heterocycles. The van der Waals surface area contributed by atoms with Crippen molar-refractivity contribution in [3.8, 4) is 0 Å². The van der Waals surface area contributed by atoms with E-state index < -0.39 is 0 Å². The molecule has 0 atom stereocenters. The lowest BCUT2D eigenvalue weighted by molar-refractivity contribution is -0.135. The highest BCUT2D eigenvalue weighted by atomic mass is 32.1. The average molecular weight is 325 g/mol. The van der Waals surface area contributed by atoms with Gasteiger partial charge in [-0.15, -0.1) is 11.3 Å². The largest absolute Gasteiger partial charge is 0.379 e. The first-order chi connectivity index (χ1) is 10.7. The number of hydrogen-bond donors (Lipinski definition) is 1. The van der Waals surface area contributed by atoms with Crippen LogP contribution in [0, 0.1) is 0 Å². The quantitative estimate of drug-likeness (QED) is 0.819. The number of morpholine rings is 1. The minimum atomic E-state index is 0.239. The maximum Gasteiger partial charge on any atom is 0.236 e. The van der Waals surface area contributed by atoms with Gasteiger partial charge in [0.05, 0.1) is 19.8 Å². The van der Waals surface area contributed by atoms with Crippen molar-refractivity contribution in [2.24, 2.45) is 0 Å². The summed E-state index contributed by atoms with van der Waals surface area (Å²) in [6.07, 6.45) is 1.84. The molecule has 1 aromatic heterocycles. The van der Waals surface area contributed by atoms with Crippen LogP contribution in [-0.4, -0.2) is 84.6 Å². The van der Waals surface area contributed by atoms with Gasteiger partial charge in [-0.2, -0.15) is 0 Å². The zero-order valence-electron chi connectivity index (χ0n) is 12.7. The topological polar surface area (TPSA) is 74.9 Å². The maximum atomic E-state index is 12.3. The van der Waals surface area contributed by atoms with Crippen LogP contribution in [0.25, 0.3) is 0 Å². The van der Waals surface area contributed by atoms with E-state index in [1.54, 1.807) is 0 Å². The number of nitrogens with two attached hydrogens (primary N) is 1. The molecule has 0 aliphatic carbocycles. The summed E-state index contributed by atoms with van der Waals surface area (Å²) >= 11 is 1.54. The Morgan fingerprint density at radius 2 is 1.91 bits per heavy atom. The smallest absolute Gasteiger partial charge is 0.236 e. The minimum absolute atomic E-state index is 0.239. The summed E-state index contributed by atoms with van der Waals surface area (Å²) in [4.78, 5) is 24.1. The number of hydrogen-bond acceptors (Lipinski definition) is 7. The molecule has 2 fully saturated rings. The third-order valence-corrected chi connectivity index (χ3v) is 4.95. The number of ether oxygens (including phenoxy) is 1. The molecule has 2 aliphatic heterocycles. The number of nitrogens with zero attached hydrogens (tertiary/aromatic N) is 4. The molecule has 8 heteroatoms. The van der Waals surface area contributed by atoms with Crippen LogP contribution >= 0.6 is 11.3 Å². The lowest BCUT2D eigenvalue weighted by atomic mass is 10.3. The Kier molecular flexibility index (Phi) is 5.24. The van der Waals surface area contributed by atoms with Crippen molar-refractivity contribution < 1.29 is 9.53 Å². The molecular weight excluding hydrogens is 302 g/mol. The van der Waals surface area contributed by atoms with Crippen LogP contribution in [0.4, 0.5) is 5.13 Å². The van der Waals surface area contributed by atoms with E-state index in [2.05, 4.69) is 14.8 Å². The number of rotatable bonds is 4. The van der Waals surface area contributed by atoms with Gasteiger partial charge >= 0.3 is 0 Å². The van der Waals surface area contributed by atoms with Crippen molar-refractivity contribution in [3.63, 3.8) is 0 Å². The van der Waals surface area contributed by atoms with Crippen LogP contribution in [0.1, 0.15) is 4.88 Å². The maximum absolute atomic E-state index is 12.3. The standard InChI is InChI=1S/C14H23N5O2S/c15-14-16-9-12(22-14)10-17-1-3-19(4-2-17)13(20)11-18-5-7-21-8-6-18/h9H,1-8,10-11H2,(H2,15,16). The van der Waals surface area contributed by atoms with E-state index in [4.69, 9.17) is 10.5 Å². The fourth-order valence-electron chi connectivity index (χ4n) is 2.82. The van der Waals surface area contributed by atoms with Crippen LogP contribution in [0.3, 0.4) is 0 Å². The fourth-order valence-corrected chi connectivity index (χ4v) is 3.55. The highest BCUT2D eigenvalue weighted by molar-refractivity contribution is 7.15. The zero-order valence-corrected chi connectivity index (χ0v) is 13.6. The predicted octanol–water partition coefficient (Wildman–Crippen LogP) is -0.298. The number of carbonyl (C=O) groups excluding carboxylic acids is 1. The van der Waals surface area contributed by atoms with Gasteiger partial charge in [0.1, 0.15) is 0 Å². The van der Waals surface area contributed by atoms with Crippen molar-refractivity contribution in [3.05, 3.63) is 11.1 Å². The van der Waals surface area contributed by atoms with Crippen LogP contribution in [0.15, 0.2) is 6.20 Å². The second kappa shape index (κ2) is 7.36. The zero-order chi connectivity index (χ0) is 15.4. The van der Waals surface area contributed by atoms with Gasteiger partial charge in [-0.1, -0.05) is 0 Å². The molecule has 2 N–H and O–H groups in total. The first-order valence-corrected chi connectivity index (χ1v) is 8.53. The molecule has 7 nitrogen and oxygen atoms in total. The van der Waals surface area contributed by atoms with Gasteiger partial charge < -0.3 is 15.4 Å². The molecular formula is C14H23N5O2S. The van der Waals surface area contributed by atoms with Crippen LogP contribution < -0.4 is 5.73 Å². The number of amides is 1. The van der Waals surface area contributed by atoms with Gasteiger partial charge in [0.15, 0.2) is 5.13 Å². The predicted molar refractivity (Wildman–Crippen MR) is 85.6 cm³/mol. The molecule has 0 aromatic carbocycles. The summed E-state index contributed by atoms with van der Waals surface area (Å²) in [6.45, 7) is 8.01. The van der Waals surface area contributed by atoms with Crippen LogP contribution in [0.2, 0.25) is 0 Å². The number of piperazine rings is 1. The summed E-state index contributed by atoms with van der Waals surface area (Å²) in [5.41, 5.74) is 5.66. The van der Waals surface area contributed by atoms with E-state index in [-0.39, 0.29) is 5.91 Å². The van der Waals surface area contributed by atoms with Crippen molar-refractivity contribution in [1.82, 2.24) is 19.7 Å². The summed E-state index contributed by atoms with van der Waals surface area (Å²) < 4.78 is 5.31. The SMILES string of the molecule is Nc1ncc(CN2CCN(C(=O)CN3CCOCC3)CC2)s1. The normalized spacial score (nSPS) is 21.2. The molecule has 0 unspecified atom stereocenters. The number of nitrogen functional groups attached to an aromatic ring is 1. The summed E-state index contributed by atoms with van der Waals surface area (Å²) in [6, 6.07) is 0. The number of anilines is 1. The van der Waals surface area contributed by atoms with Gasteiger partial charge in [-0.05, 0) is 0 Å². The summed E-state index contributed by atoms with van der Waals surface area (Å²) in [5, 5.41) is 0.620. The third-order valence-electron chi connectivity index (χ3n) is 4.14. The van der Waals surface area contributed by atoms with E-state index in [0.717, 1.165) is 59.0 Å². The molecule has 0 bridgehead atoms. The van der Waals surface area contributed by atoms with Crippen molar-refractivity contribution in [2.45, 2.75) is 6.54 Å². The Hall–Kier alpha value is -1.22. The first-order valence-electron chi connectivity index (χ1n) is 7.71. The highest BCUT2D eigenvalue weighted by Crippen LogP contribution is 2.17. The molecule has 1 amide bonds. The Morgan fingerprint density at radius 1 is 1.18 bits per heavy atom. The van der Waals surface area contributed by atoms with Gasteiger partial charge in [0.25, 0.3) is 0 Å². The molecule has 2 aliphatic rings. The van der Waals surface area contributed by atoms with E-state index in [0.29, 0.717) is 11.7 Å². The van der Waals surface area contributed by atoms with Gasteiger partial charge in [-0.3, -0.25) is 14.6 Å². The van der Waals surface area contributed by atoms with E-state index in [9.17, 15) is 4.79 Å². The molecule has 1 aromatic rings. The van der Waals surface area contributed by atoms with Crippen LogP contribution in [0.5, 0.6) is 0 Å². The summed E-state index contributed by atoms with van der Waals surface area (Å²) in [5.74, 6) is 0.239. The first kappa shape index (κ1) is 15.7. The minimum Gasteiger partial charge on any atom is -0.379 e. The highest BCUT2D eigenvalue weighted by Gasteiger charge is 2.23. The Labute approximate surface area is 134 Å². The Balaban J connectivity index is 1.41. The number of carbonyl (C=O) groups is 1. The molecule has 3 heterocycles. The van der Waals surface area contributed by atoms with Crippen molar-refractivity contribution in [1.29, 1.82) is 0 Å². The summed E-state index contributed by atoms with van der Waals surface area (Å²) in [7, 11) is 0.